The first kappa shape index (κ1) is 19.7. The number of rotatable bonds is 6. The van der Waals surface area contributed by atoms with Crippen LogP contribution in [0.4, 0.5) is 5.69 Å². The standard InChI is InChI=1S/C19H21N3O6S/c1-21(28-2)29(26,27)14-7-5-13(6-8-14)20-15(23)10-22-18(24)16-11-3-4-12(9-11)17(16)19(22)25/h3-8,11-12,16-17H,9-10H2,1-2H3,(H,20,23)/t11-,12-,16-,17-/m0/s1. The van der Waals surface area contributed by atoms with E-state index in [1.165, 1.54) is 38.4 Å². The minimum Gasteiger partial charge on any atom is -0.325 e. The number of hydrogen-bond acceptors (Lipinski definition) is 6. The highest BCUT2D eigenvalue weighted by molar-refractivity contribution is 7.89. The van der Waals surface area contributed by atoms with Crippen molar-refractivity contribution in [3.63, 3.8) is 0 Å². The minimum atomic E-state index is -3.79. The van der Waals surface area contributed by atoms with Crippen LogP contribution in [0.1, 0.15) is 6.42 Å². The second kappa shape index (κ2) is 7.05. The van der Waals surface area contributed by atoms with Crippen LogP contribution in [-0.4, -0.2) is 56.2 Å². The Morgan fingerprint density at radius 3 is 2.21 bits per heavy atom. The van der Waals surface area contributed by atoms with Crippen molar-refractivity contribution in [2.45, 2.75) is 11.3 Å². The smallest absolute Gasteiger partial charge is 0.264 e. The number of amides is 3. The average Bonchev–Trinajstić information content (AvgIpc) is 3.38. The van der Waals surface area contributed by atoms with Crippen LogP contribution in [0.2, 0.25) is 0 Å². The summed E-state index contributed by atoms with van der Waals surface area (Å²) in [6, 6.07) is 5.53. The monoisotopic (exact) mass is 419 g/mol. The summed E-state index contributed by atoms with van der Waals surface area (Å²) >= 11 is 0. The normalized spacial score (nSPS) is 27.8. The maximum absolute atomic E-state index is 12.6. The van der Waals surface area contributed by atoms with E-state index < -0.39 is 15.9 Å². The number of imide groups is 1. The van der Waals surface area contributed by atoms with Gasteiger partial charge < -0.3 is 5.32 Å². The molecule has 4 atom stereocenters. The van der Waals surface area contributed by atoms with E-state index in [1.807, 2.05) is 12.2 Å². The third-order valence-corrected chi connectivity index (χ3v) is 7.59. The summed E-state index contributed by atoms with van der Waals surface area (Å²) in [5, 5.41) is 2.60. The van der Waals surface area contributed by atoms with Gasteiger partial charge in [0.2, 0.25) is 17.7 Å². The van der Waals surface area contributed by atoms with Crippen molar-refractivity contribution >= 4 is 33.4 Å². The van der Waals surface area contributed by atoms with Crippen LogP contribution < -0.4 is 5.32 Å². The number of fused-ring (bicyclic) bond motifs is 5. The van der Waals surface area contributed by atoms with Crippen LogP contribution in [-0.2, 0) is 29.2 Å². The van der Waals surface area contributed by atoms with E-state index in [0.29, 0.717) is 5.69 Å². The molecular formula is C19H21N3O6S. The number of sulfonamides is 1. The molecule has 154 valence electrons. The number of carbonyl (C=O) groups is 3. The van der Waals surface area contributed by atoms with Crippen LogP contribution in [0, 0.1) is 23.7 Å². The van der Waals surface area contributed by atoms with Gasteiger partial charge in [0.1, 0.15) is 6.54 Å². The molecule has 1 saturated carbocycles. The maximum atomic E-state index is 12.6. The van der Waals surface area contributed by atoms with E-state index in [9.17, 15) is 22.8 Å². The highest BCUT2D eigenvalue weighted by atomic mass is 32.2. The zero-order valence-corrected chi connectivity index (χ0v) is 16.8. The molecule has 4 rings (SSSR count). The first-order chi connectivity index (χ1) is 13.7. The van der Waals surface area contributed by atoms with E-state index in [2.05, 4.69) is 5.32 Å². The molecule has 3 amide bonds. The lowest BCUT2D eigenvalue weighted by atomic mass is 9.85. The van der Waals surface area contributed by atoms with Gasteiger partial charge in [0, 0.05) is 12.7 Å². The molecular weight excluding hydrogens is 398 g/mol. The Labute approximate surface area is 168 Å². The number of likely N-dealkylation sites (tertiary alicyclic amines) is 1. The van der Waals surface area contributed by atoms with E-state index in [0.717, 1.165) is 15.8 Å². The number of benzene rings is 1. The number of anilines is 1. The Kier molecular flexibility index (Phi) is 4.80. The fraction of sp³-hybridized carbons (Fsp3) is 0.421. The van der Waals surface area contributed by atoms with Gasteiger partial charge in [-0.2, -0.15) is 0 Å². The zero-order valence-electron chi connectivity index (χ0n) is 15.9. The first-order valence-corrected chi connectivity index (χ1v) is 10.6. The molecule has 2 bridgehead atoms. The van der Waals surface area contributed by atoms with Gasteiger partial charge in [0.25, 0.3) is 10.0 Å². The molecule has 0 radical (unpaired) electrons. The van der Waals surface area contributed by atoms with Gasteiger partial charge in [-0.15, -0.1) is 0 Å². The Balaban J connectivity index is 1.41. The van der Waals surface area contributed by atoms with Crippen molar-refractivity contribution in [3.05, 3.63) is 36.4 Å². The average molecular weight is 419 g/mol. The summed E-state index contributed by atoms with van der Waals surface area (Å²) in [6.45, 7) is -0.351. The lowest BCUT2D eigenvalue weighted by molar-refractivity contribution is -0.143. The topological polar surface area (TPSA) is 113 Å². The molecule has 3 aliphatic rings. The van der Waals surface area contributed by atoms with E-state index in [4.69, 9.17) is 4.84 Å². The van der Waals surface area contributed by atoms with Crippen molar-refractivity contribution in [3.8, 4) is 0 Å². The molecule has 10 heteroatoms. The summed E-state index contributed by atoms with van der Waals surface area (Å²) in [5.74, 6) is -1.58. The summed E-state index contributed by atoms with van der Waals surface area (Å²) in [6.07, 6.45) is 4.83. The molecule has 1 aromatic carbocycles. The second-order valence-electron chi connectivity index (χ2n) is 7.43. The molecule has 1 aliphatic heterocycles. The second-order valence-corrected chi connectivity index (χ2v) is 9.37. The largest absolute Gasteiger partial charge is 0.325 e. The van der Waals surface area contributed by atoms with Crippen LogP contribution in [0.25, 0.3) is 0 Å². The number of nitrogens with zero attached hydrogens (tertiary/aromatic N) is 2. The van der Waals surface area contributed by atoms with Crippen molar-refractivity contribution in [2.75, 3.05) is 26.0 Å². The number of hydrogen-bond donors (Lipinski definition) is 1. The van der Waals surface area contributed by atoms with Crippen LogP contribution >= 0.6 is 0 Å². The third kappa shape index (κ3) is 3.17. The van der Waals surface area contributed by atoms with Crippen LogP contribution in [0.5, 0.6) is 0 Å². The summed E-state index contributed by atoms with van der Waals surface area (Å²) < 4.78 is 25.1. The zero-order chi connectivity index (χ0) is 20.9. The summed E-state index contributed by atoms with van der Waals surface area (Å²) in [4.78, 5) is 43.4. The number of hydroxylamine groups is 1. The number of nitrogens with one attached hydrogen (secondary N) is 1. The van der Waals surface area contributed by atoms with Gasteiger partial charge in [-0.05, 0) is 42.5 Å². The quantitative estimate of drug-likeness (QED) is 0.411. The molecule has 2 fully saturated rings. The third-order valence-electron chi connectivity index (χ3n) is 5.89. The summed E-state index contributed by atoms with van der Waals surface area (Å²) in [5.41, 5.74) is 0.357. The summed E-state index contributed by atoms with van der Waals surface area (Å²) in [7, 11) is -1.28. The Morgan fingerprint density at radius 2 is 1.69 bits per heavy atom. The molecule has 1 aromatic rings. The first-order valence-electron chi connectivity index (χ1n) is 9.20. The SMILES string of the molecule is CON(C)S(=O)(=O)c1ccc(NC(=O)CN2C(=O)[C@@H]3[C@@H](C2=O)[C@H]2C=C[C@H]3C2)cc1. The minimum absolute atomic E-state index is 0.000507. The molecule has 1 heterocycles. The predicted octanol–water partition coefficient (Wildman–Crippen LogP) is 0.614. The van der Waals surface area contributed by atoms with Gasteiger partial charge in [0.15, 0.2) is 0 Å². The van der Waals surface area contributed by atoms with Gasteiger partial charge in [0.05, 0.1) is 23.8 Å². The Morgan fingerprint density at radius 1 is 1.14 bits per heavy atom. The van der Waals surface area contributed by atoms with Gasteiger partial charge >= 0.3 is 0 Å². The van der Waals surface area contributed by atoms with Crippen molar-refractivity contribution < 1.29 is 27.6 Å². The van der Waals surface area contributed by atoms with Crippen molar-refractivity contribution in [1.29, 1.82) is 0 Å². The van der Waals surface area contributed by atoms with Crippen LogP contribution in [0.3, 0.4) is 0 Å². The van der Waals surface area contributed by atoms with Gasteiger partial charge in [-0.3, -0.25) is 24.1 Å². The molecule has 2 aliphatic carbocycles. The van der Waals surface area contributed by atoms with E-state index in [1.54, 1.807) is 0 Å². The number of carbonyl (C=O) groups excluding carboxylic acids is 3. The molecule has 1 N–H and O–H groups in total. The molecule has 9 nitrogen and oxygen atoms in total. The maximum Gasteiger partial charge on any atom is 0.264 e. The molecule has 0 aromatic heterocycles. The van der Waals surface area contributed by atoms with Crippen molar-refractivity contribution in [1.82, 2.24) is 9.37 Å². The lowest BCUT2D eigenvalue weighted by Gasteiger charge is -2.17. The van der Waals surface area contributed by atoms with Gasteiger partial charge in [-0.25, -0.2) is 8.42 Å². The molecule has 0 spiro atoms. The lowest BCUT2D eigenvalue weighted by Crippen LogP contribution is -2.39. The fourth-order valence-electron chi connectivity index (χ4n) is 4.42. The molecule has 1 saturated heterocycles. The van der Waals surface area contributed by atoms with Gasteiger partial charge in [-0.1, -0.05) is 16.6 Å². The predicted molar refractivity (Wildman–Crippen MR) is 101 cm³/mol. The van der Waals surface area contributed by atoms with E-state index >= 15 is 0 Å². The molecule has 29 heavy (non-hydrogen) atoms. The highest BCUT2D eigenvalue weighted by Gasteiger charge is 2.59. The van der Waals surface area contributed by atoms with E-state index in [-0.39, 0.29) is 46.9 Å². The van der Waals surface area contributed by atoms with Crippen molar-refractivity contribution in [2.24, 2.45) is 23.7 Å². The Bertz CT molecular complexity index is 973. The van der Waals surface area contributed by atoms with Crippen LogP contribution in [0.15, 0.2) is 41.3 Å². The molecule has 0 unspecified atom stereocenters. The highest BCUT2D eigenvalue weighted by Crippen LogP contribution is 2.52. The number of allylic oxidation sites excluding steroid dienone is 2. The fourth-order valence-corrected chi connectivity index (χ4v) is 5.39. The Hall–Kier alpha value is -2.56.